The van der Waals surface area contributed by atoms with E-state index in [1.165, 1.54) is 0 Å². The first-order valence-electron chi connectivity index (χ1n) is 6.57. The van der Waals surface area contributed by atoms with E-state index in [1.54, 1.807) is 11.1 Å². The number of benzene rings is 1. The van der Waals surface area contributed by atoms with E-state index in [1.807, 2.05) is 30.3 Å². The normalized spacial score (nSPS) is 19.0. The van der Waals surface area contributed by atoms with Gasteiger partial charge in [-0.05, 0) is 24.3 Å². The zero-order valence-corrected chi connectivity index (χ0v) is 10.6. The third-order valence-electron chi connectivity index (χ3n) is 3.72. The highest BCUT2D eigenvalue weighted by Crippen LogP contribution is 2.23. The monoisotopic (exact) mass is 256 g/mol. The molecular formula is C15H16N2O2. The number of hydrogen-bond donors (Lipinski definition) is 1. The van der Waals surface area contributed by atoms with E-state index in [0.29, 0.717) is 12.2 Å². The van der Waals surface area contributed by atoms with Crippen molar-refractivity contribution in [3.8, 4) is 0 Å². The molecule has 0 bridgehead atoms. The van der Waals surface area contributed by atoms with Gasteiger partial charge in [-0.3, -0.25) is 9.78 Å². The van der Waals surface area contributed by atoms with Gasteiger partial charge in [0.25, 0.3) is 5.91 Å². The molecule has 98 valence electrons. The van der Waals surface area contributed by atoms with Gasteiger partial charge < -0.3 is 10.0 Å². The van der Waals surface area contributed by atoms with Crippen LogP contribution in [0.4, 0.5) is 0 Å². The molecule has 1 atom stereocenters. The summed E-state index contributed by atoms with van der Waals surface area (Å²) in [6.45, 7) is 0.728. The molecule has 1 fully saturated rings. The number of rotatable bonds is 2. The van der Waals surface area contributed by atoms with Gasteiger partial charge in [-0.1, -0.05) is 24.3 Å². The largest absolute Gasteiger partial charge is 0.394 e. The Morgan fingerprint density at radius 3 is 3.05 bits per heavy atom. The number of carbonyl (C=O) groups excluding carboxylic acids is 1. The minimum absolute atomic E-state index is 0.0243. The van der Waals surface area contributed by atoms with E-state index in [-0.39, 0.29) is 18.6 Å². The summed E-state index contributed by atoms with van der Waals surface area (Å²) in [5.74, 6) is -0.0756. The van der Waals surface area contributed by atoms with E-state index >= 15 is 0 Å². The maximum atomic E-state index is 12.6. The number of amides is 1. The maximum absolute atomic E-state index is 12.6. The molecule has 1 amide bonds. The predicted octanol–water partition coefficient (Wildman–Crippen LogP) is 1.83. The second-order valence-corrected chi connectivity index (χ2v) is 4.86. The predicted molar refractivity (Wildman–Crippen MR) is 72.9 cm³/mol. The molecule has 3 rings (SSSR count). The second-order valence-electron chi connectivity index (χ2n) is 4.86. The molecule has 19 heavy (non-hydrogen) atoms. The van der Waals surface area contributed by atoms with Gasteiger partial charge in [-0.15, -0.1) is 0 Å². The van der Waals surface area contributed by atoms with Crippen LogP contribution >= 0.6 is 0 Å². The summed E-state index contributed by atoms with van der Waals surface area (Å²) in [4.78, 5) is 18.6. The summed E-state index contributed by atoms with van der Waals surface area (Å²) in [6, 6.07) is 9.59. The number of aliphatic hydroxyl groups is 1. The number of likely N-dealkylation sites (tertiary alicyclic amines) is 1. The molecule has 1 aliphatic rings. The highest BCUT2D eigenvalue weighted by molar-refractivity contribution is 6.05. The number of pyridine rings is 1. The molecule has 0 saturated carbocycles. The van der Waals surface area contributed by atoms with Crippen molar-refractivity contribution in [3.05, 3.63) is 42.2 Å². The Balaban J connectivity index is 2.02. The molecule has 1 N–H and O–H groups in total. The molecule has 2 aromatic rings. The quantitative estimate of drug-likeness (QED) is 0.892. The Bertz CT molecular complexity index is 607. The van der Waals surface area contributed by atoms with Crippen molar-refractivity contribution in [3.63, 3.8) is 0 Å². The maximum Gasteiger partial charge on any atom is 0.273 e. The Hall–Kier alpha value is -1.94. The Morgan fingerprint density at radius 2 is 2.21 bits per heavy atom. The van der Waals surface area contributed by atoms with Crippen molar-refractivity contribution >= 4 is 16.7 Å². The molecule has 0 aliphatic carbocycles. The number of carbonyl (C=O) groups is 1. The smallest absolute Gasteiger partial charge is 0.273 e. The van der Waals surface area contributed by atoms with Crippen LogP contribution in [0, 0.1) is 0 Å². The molecule has 0 spiro atoms. The zero-order chi connectivity index (χ0) is 13.2. The summed E-state index contributed by atoms with van der Waals surface area (Å²) in [7, 11) is 0. The molecule has 1 aromatic heterocycles. The Labute approximate surface area is 111 Å². The molecule has 4 heteroatoms. The average Bonchev–Trinajstić information content (AvgIpc) is 2.94. The second kappa shape index (κ2) is 4.97. The molecule has 1 aliphatic heterocycles. The SMILES string of the molecule is O=C(c1nccc2ccccc12)N1CCC[C@@H]1CO. The van der Waals surface area contributed by atoms with Crippen molar-refractivity contribution in [2.75, 3.05) is 13.2 Å². The number of aliphatic hydroxyl groups excluding tert-OH is 1. The first kappa shape index (κ1) is 12.1. The number of aromatic nitrogens is 1. The fourth-order valence-corrected chi connectivity index (χ4v) is 2.72. The first-order valence-corrected chi connectivity index (χ1v) is 6.57. The minimum atomic E-state index is -0.0756. The van der Waals surface area contributed by atoms with E-state index in [9.17, 15) is 9.90 Å². The van der Waals surface area contributed by atoms with Gasteiger partial charge in [0.1, 0.15) is 5.69 Å². The van der Waals surface area contributed by atoms with Crippen molar-refractivity contribution in [1.82, 2.24) is 9.88 Å². The fourth-order valence-electron chi connectivity index (χ4n) is 2.72. The van der Waals surface area contributed by atoms with Gasteiger partial charge in [0.05, 0.1) is 12.6 Å². The number of fused-ring (bicyclic) bond motifs is 1. The summed E-state index contributed by atoms with van der Waals surface area (Å²) in [6.07, 6.45) is 3.48. The van der Waals surface area contributed by atoms with E-state index in [4.69, 9.17) is 0 Å². The lowest BCUT2D eigenvalue weighted by Crippen LogP contribution is -2.38. The molecule has 1 aromatic carbocycles. The van der Waals surface area contributed by atoms with Crippen LogP contribution in [0.3, 0.4) is 0 Å². The lowest BCUT2D eigenvalue weighted by molar-refractivity contribution is 0.0674. The van der Waals surface area contributed by atoms with Crippen LogP contribution in [-0.4, -0.2) is 40.1 Å². The summed E-state index contributed by atoms with van der Waals surface area (Å²) in [5.41, 5.74) is 0.485. The fraction of sp³-hybridized carbons (Fsp3) is 0.333. The summed E-state index contributed by atoms with van der Waals surface area (Å²) in [5, 5.41) is 11.2. The zero-order valence-electron chi connectivity index (χ0n) is 10.6. The van der Waals surface area contributed by atoms with Crippen LogP contribution in [0.15, 0.2) is 36.5 Å². The third-order valence-corrected chi connectivity index (χ3v) is 3.72. The summed E-state index contributed by atoms with van der Waals surface area (Å²) < 4.78 is 0. The van der Waals surface area contributed by atoms with Crippen LogP contribution in [0.25, 0.3) is 10.8 Å². The number of nitrogens with zero attached hydrogens (tertiary/aromatic N) is 2. The standard InChI is InChI=1S/C15H16N2O2/c18-10-12-5-3-9-17(12)15(19)14-13-6-2-1-4-11(13)7-8-16-14/h1-2,4,6-8,12,18H,3,5,9-10H2/t12-/m1/s1. The van der Waals surface area contributed by atoms with E-state index in [0.717, 1.165) is 23.6 Å². The Kier molecular flexibility index (Phi) is 3.17. The molecule has 1 saturated heterocycles. The van der Waals surface area contributed by atoms with Crippen molar-refractivity contribution in [2.24, 2.45) is 0 Å². The van der Waals surface area contributed by atoms with Crippen LogP contribution < -0.4 is 0 Å². The molecule has 0 unspecified atom stereocenters. The van der Waals surface area contributed by atoms with Crippen molar-refractivity contribution < 1.29 is 9.90 Å². The topological polar surface area (TPSA) is 53.4 Å². The molecular weight excluding hydrogens is 240 g/mol. The highest BCUT2D eigenvalue weighted by atomic mass is 16.3. The summed E-state index contributed by atoms with van der Waals surface area (Å²) >= 11 is 0. The Morgan fingerprint density at radius 1 is 1.37 bits per heavy atom. The molecule has 0 radical (unpaired) electrons. The van der Waals surface area contributed by atoms with Crippen LogP contribution in [0.2, 0.25) is 0 Å². The lowest BCUT2D eigenvalue weighted by atomic mass is 10.1. The van der Waals surface area contributed by atoms with Crippen LogP contribution in [-0.2, 0) is 0 Å². The van der Waals surface area contributed by atoms with Gasteiger partial charge in [0.15, 0.2) is 0 Å². The van der Waals surface area contributed by atoms with Gasteiger partial charge in [-0.25, -0.2) is 0 Å². The van der Waals surface area contributed by atoms with Crippen molar-refractivity contribution in [1.29, 1.82) is 0 Å². The first-order chi connectivity index (χ1) is 9.31. The van der Waals surface area contributed by atoms with Gasteiger partial charge in [-0.2, -0.15) is 0 Å². The third kappa shape index (κ3) is 2.08. The molecule has 2 heterocycles. The van der Waals surface area contributed by atoms with Gasteiger partial charge in [0.2, 0.25) is 0 Å². The van der Waals surface area contributed by atoms with Crippen LogP contribution in [0.5, 0.6) is 0 Å². The van der Waals surface area contributed by atoms with Gasteiger partial charge in [0, 0.05) is 18.1 Å². The van der Waals surface area contributed by atoms with E-state index < -0.39 is 0 Å². The molecule has 4 nitrogen and oxygen atoms in total. The average molecular weight is 256 g/mol. The van der Waals surface area contributed by atoms with Crippen molar-refractivity contribution in [2.45, 2.75) is 18.9 Å². The van der Waals surface area contributed by atoms with E-state index in [2.05, 4.69) is 4.98 Å². The minimum Gasteiger partial charge on any atom is -0.394 e. The number of hydrogen-bond acceptors (Lipinski definition) is 3. The lowest BCUT2D eigenvalue weighted by Gasteiger charge is -2.23. The van der Waals surface area contributed by atoms with Gasteiger partial charge >= 0.3 is 0 Å². The highest BCUT2D eigenvalue weighted by Gasteiger charge is 2.30. The van der Waals surface area contributed by atoms with Crippen LogP contribution in [0.1, 0.15) is 23.3 Å².